The number of likely N-dealkylation sites (tertiary alicyclic amines) is 1. The predicted molar refractivity (Wildman–Crippen MR) is 111 cm³/mol. The van der Waals surface area contributed by atoms with Crippen LogP contribution in [0, 0.1) is 5.92 Å². The highest BCUT2D eigenvalue weighted by Crippen LogP contribution is 2.40. The molecule has 0 aromatic heterocycles. The Hall–Kier alpha value is -3.08. The molecule has 1 saturated heterocycles. The van der Waals surface area contributed by atoms with Crippen LogP contribution in [0.25, 0.3) is 5.76 Å². The smallest absolute Gasteiger partial charge is 0.295 e. The van der Waals surface area contributed by atoms with Crippen LogP contribution in [0.15, 0.2) is 60.2 Å². The number of Topliss-reactive ketones (excluding diaryl/α,β-unsaturated/α-hetero) is 1. The molecule has 1 amide bonds. The van der Waals surface area contributed by atoms with Crippen molar-refractivity contribution in [1.82, 2.24) is 4.90 Å². The summed E-state index contributed by atoms with van der Waals surface area (Å²) < 4.78 is 0. The number of ketones is 1. The molecule has 0 radical (unpaired) electrons. The number of rotatable bonds is 5. The van der Waals surface area contributed by atoms with E-state index in [0.29, 0.717) is 12.1 Å². The summed E-state index contributed by atoms with van der Waals surface area (Å²) in [4.78, 5) is 29.2. The number of amides is 1. The minimum Gasteiger partial charge on any atom is -0.507 e. The maximum Gasteiger partial charge on any atom is 0.295 e. The number of aliphatic hydroxyl groups is 1. The molecule has 5 nitrogen and oxygen atoms in total. The van der Waals surface area contributed by atoms with Gasteiger partial charge in [-0.2, -0.15) is 0 Å². The van der Waals surface area contributed by atoms with Crippen LogP contribution in [-0.2, 0) is 9.59 Å². The molecular weight excluding hydrogens is 352 g/mol. The first-order valence-electron chi connectivity index (χ1n) is 9.42. The number of benzene rings is 2. The van der Waals surface area contributed by atoms with Gasteiger partial charge in [0.25, 0.3) is 11.7 Å². The molecule has 0 aliphatic carbocycles. The van der Waals surface area contributed by atoms with E-state index >= 15 is 0 Å². The van der Waals surface area contributed by atoms with Crippen molar-refractivity contribution < 1.29 is 14.7 Å². The SMILES string of the molecule is CC(C)CN1C(=O)C(=O)C(=C(O)c2ccccc2)[C@@H]1c1ccc(N(C)C)cc1. The molecule has 5 heteroatoms. The van der Waals surface area contributed by atoms with Crippen molar-refractivity contribution in [2.24, 2.45) is 5.92 Å². The molecule has 1 heterocycles. The van der Waals surface area contributed by atoms with Gasteiger partial charge in [0.15, 0.2) is 0 Å². The van der Waals surface area contributed by atoms with Crippen molar-refractivity contribution in [3.05, 3.63) is 71.3 Å². The lowest BCUT2D eigenvalue weighted by Crippen LogP contribution is -2.33. The van der Waals surface area contributed by atoms with Gasteiger partial charge in [-0.25, -0.2) is 0 Å². The van der Waals surface area contributed by atoms with Crippen molar-refractivity contribution in [2.45, 2.75) is 19.9 Å². The fourth-order valence-corrected chi connectivity index (χ4v) is 3.51. The zero-order chi connectivity index (χ0) is 20.4. The van der Waals surface area contributed by atoms with Crippen molar-refractivity contribution in [3.8, 4) is 0 Å². The molecule has 1 aliphatic heterocycles. The molecule has 1 atom stereocenters. The summed E-state index contributed by atoms with van der Waals surface area (Å²) in [6.45, 7) is 4.45. The minimum atomic E-state index is -0.635. The normalized spacial score (nSPS) is 18.8. The van der Waals surface area contributed by atoms with Gasteiger partial charge in [-0.05, 0) is 23.6 Å². The summed E-state index contributed by atoms with van der Waals surface area (Å²) in [5, 5.41) is 10.9. The number of anilines is 1. The Morgan fingerprint density at radius 3 is 2.18 bits per heavy atom. The van der Waals surface area contributed by atoms with Gasteiger partial charge in [0.2, 0.25) is 0 Å². The first kappa shape index (κ1) is 19.7. The highest BCUT2D eigenvalue weighted by atomic mass is 16.3. The Bertz CT molecular complexity index is 899. The first-order valence-corrected chi connectivity index (χ1v) is 9.42. The van der Waals surface area contributed by atoms with Crippen molar-refractivity contribution in [3.63, 3.8) is 0 Å². The van der Waals surface area contributed by atoms with Crippen LogP contribution in [0.2, 0.25) is 0 Å². The van der Waals surface area contributed by atoms with Crippen LogP contribution in [-0.4, -0.2) is 42.3 Å². The summed E-state index contributed by atoms with van der Waals surface area (Å²) >= 11 is 0. The third-order valence-electron chi connectivity index (χ3n) is 4.87. The maximum absolute atomic E-state index is 12.9. The minimum absolute atomic E-state index is 0.133. The van der Waals surface area contributed by atoms with Crippen molar-refractivity contribution >= 4 is 23.1 Å². The summed E-state index contributed by atoms with van der Waals surface area (Å²) in [5.41, 5.74) is 2.50. The molecule has 2 aromatic rings. The monoisotopic (exact) mass is 378 g/mol. The number of hydrogen-bond donors (Lipinski definition) is 1. The van der Waals surface area contributed by atoms with Crippen LogP contribution in [0.3, 0.4) is 0 Å². The standard InChI is InChI=1S/C23H26N2O3/c1-15(2)14-25-20(16-10-12-18(13-11-16)24(3)4)19(22(27)23(25)28)21(26)17-8-6-5-7-9-17/h5-13,15,20,26H,14H2,1-4H3/t20-/m0/s1. The second-order valence-corrected chi connectivity index (χ2v) is 7.70. The van der Waals surface area contributed by atoms with E-state index in [2.05, 4.69) is 0 Å². The summed E-state index contributed by atoms with van der Waals surface area (Å²) in [6.07, 6.45) is 0. The average Bonchev–Trinajstić information content (AvgIpc) is 2.92. The van der Waals surface area contributed by atoms with Gasteiger partial charge in [0.05, 0.1) is 11.6 Å². The van der Waals surface area contributed by atoms with Gasteiger partial charge in [-0.15, -0.1) is 0 Å². The fraction of sp³-hybridized carbons (Fsp3) is 0.304. The van der Waals surface area contributed by atoms with Gasteiger partial charge < -0.3 is 14.9 Å². The molecule has 2 aromatic carbocycles. The molecule has 146 valence electrons. The van der Waals surface area contributed by atoms with Crippen molar-refractivity contribution in [1.29, 1.82) is 0 Å². The van der Waals surface area contributed by atoms with Crippen LogP contribution in [0.1, 0.15) is 31.0 Å². The highest BCUT2D eigenvalue weighted by Gasteiger charge is 2.46. The lowest BCUT2D eigenvalue weighted by Gasteiger charge is -2.27. The van der Waals surface area contributed by atoms with E-state index < -0.39 is 17.7 Å². The van der Waals surface area contributed by atoms with Gasteiger partial charge in [0, 0.05) is 31.9 Å². The van der Waals surface area contributed by atoms with E-state index in [-0.39, 0.29) is 17.3 Å². The van der Waals surface area contributed by atoms with Crippen molar-refractivity contribution in [2.75, 3.05) is 25.5 Å². The molecule has 1 aliphatic rings. The molecule has 1 fully saturated rings. The second kappa shape index (κ2) is 7.89. The first-order chi connectivity index (χ1) is 13.3. The third kappa shape index (κ3) is 3.65. The maximum atomic E-state index is 12.9. The largest absolute Gasteiger partial charge is 0.507 e. The molecule has 28 heavy (non-hydrogen) atoms. The summed E-state index contributed by atoms with van der Waals surface area (Å²) in [6, 6.07) is 16.0. The number of hydrogen-bond acceptors (Lipinski definition) is 4. The van der Waals surface area contributed by atoms with Gasteiger partial charge in [-0.3, -0.25) is 9.59 Å². The molecule has 1 N–H and O–H groups in total. The lowest BCUT2D eigenvalue weighted by molar-refractivity contribution is -0.140. The number of aliphatic hydroxyl groups excluding tert-OH is 1. The highest BCUT2D eigenvalue weighted by molar-refractivity contribution is 6.46. The molecule has 0 unspecified atom stereocenters. The topological polar surface area (TPSA) is 60.9 Å². The second-order valence-electron chi connectivity index (χ2n) is 7.70. The van der Waals surface area contributed by atoms with Crippen LogP contribution >= 0.6 is 0 Å². The van der Waals surface area contributed by atoms with Crippen LogP contribution in [0.5, 0.6) is 0 Å². The van der Waals surface area contributed by atoms with E-state index in [1.54, 1.807) is 29.2 Å². The van der Waals surface area contributed by atoms with E-state index in [1.807, 2.05) is 63.2 Å². The Labute approximate surface area is 165 Å². The van der Waals surface area contributed by atoms with E-state index in [0.717, 1.165) is 11.3 Å². The average molecular weight is 378 g/mol. The van der Waals surface area contributed by atoms with Gasteiger partial charge in [0.1, 0.15) is 5.76 Å². The van der Waals surface area contributed by atoms with Gasteiger partial charge in [-0.1, -0.05) is 56.3 Å². The van der Waals surface area contributed by atoms with E-state index in [1.165, 1.54) is 0 Å². The Morgan fingerprint density at radius 1 is 1.04 bits per heavy atom. The van der Waals surface area contributed by atoms with Gasteiger partial charge >= 0.3 is 0 Å². The zero-order valence-electron chi connectivity index (χ0n) is 16.7. The lowest BCUT2D eigenvalue weighted by atomic mass is 9.95. The third-order valence-corrected chi connectivity index (χ3v) is 4.87. The number of nitrogens with zero attached hydrogens (tertiary/aromatic N) is 2. The Morgan fingerprint density at radius 2 is 1.64 bits per heavy atom. The Balaban J connectivity index is 2.15. The van der Waals surface area contributed by atoms with Crippen LogP contribution in [0.4, 0.5) is 5.69 Å². The number of carbonyl (C=O) groups is 2. The summed E-state index contributed by atoms with van der Waals surface area (Å²) in [5.74, 6) is -1.14. The quantitative estimate of drug-likeness (QED) is 0.488. The zero-order valence-corrected chi connectivity index (χ0v) is 16.7. The molecule has 0 spiro atoms. The predicted octanol–water partition coefficient (Wildman–Crippen LogP) is 3.83. The molecule has 3 rings (SSSR count). The van der Waals surface area contributed by atoms with E-state index in [9.17, 15) is 14.7 Å². The number of carbonyl (C=O) groups excluding carboxylic acids is 2. The molecule has 0 saturated carbocycles. The van der Waals surface area contributed by atoms with E-state index in [4.69, 9.17) is 0 Å². The van der Waals surface area contributed by atoms with Crippen LogP contribution < -0.4 is 4.90 Å². The molecular formula is C23H26N2O3. The Kier molecular flexibility index (Phi) is 5.54. The molecule has 0 bridgehead atoms. The summed E-state index contributed by atoms with van der Waals surface area (Å²) in [7, 11) is 3.91. The fourth-order valence-electron chi connectivity index (χ4n) is 3.51.